The standard InChI is InChI=1S/C18H22N6OS/c1-23(16-17(25-2)20-7-6-19-16)11-13-3-8-24(9-4-13)15-14-5-10-26-18(14)22-12-21-15/h5-7,10,12-13H,3-4,8-9,11H2,1-2H3. The molecule has 0 spiro atoms. The molecule has 3 aromatic heterocycles. The van der Waals surface area contributed by atoms with Gasteiger partial charge in [-0.3, -0.25) is 0 Å². The third-order valence-electron chi connectivity index (χ3n) is 4.89. The Hall–Kier alpha value is -2.48. The Bertz CT molecular complexity index is 877. The van der Waals surface area contributed by atoms with Gasteiger partial charge in [0.05, 0.1) is 12.5 Å². The van der Waals surface area contributed by atoms with E-state index in [1.807, 2.05) is 0 Å². The Labute approximate surface area is 156 Å². The van der Waals surface area contributed by atoms with E-state index in [2.05, 4.69) is 48.2 Å². The topological polar surface area (TPSA) is 67.3 Å². The zero-order valence-corrected chi connectivity index (χ0v) is 15.8. The van der Waals surface area contributed by atoms with E-state index in [1.54, 1.807) is 37.2 Å². The summed E-state index contributed by atoms with van der Waals surface area (Å²) in [4.78, 5) is 23.1. The Morgan fingerprint density at radius 2 is 2.00 bits per heavy atom. The maximum absolute atomic E-state index is 5.33. The summed E-state index contributed by atoms with van der Waals surface area (Å²) >= 11 is 1.67. The van der Waals surface area contributed by atoms with Crippen LogP contribution in [0.25, 0.3) is 10.2 Å². The molecule has 136 valence electrons. The molecule has 1 aliphatic rings. The highest BCUT2D eigenvalue weighted by Crippen LogP contribution is 2.30. The van der Waals surface area contributed by atoms with E-state index < -0.39 is 0 Å². The Kier molecular flexibility index (Phi) is 4.83. The number of hydrogen-bond donors (Lipinski definition) is 0. The zero-order valence-electron chi connectivity index (χ0n) is 15.0. The van der Waals surface area contributed by atoms with E-state index in [-0.39, 0.29) is 0 Å². The van der Waals surface area contributed by atoms with Crippen LogP contribution in [0.3, 0.4) is 0 Å². The quantitative estimate of drug-likeness (QED) is 0.684. The molecular weight excluding hydrogens is 348 g/mol. The largest absolute Gasteiger partial charge is 0.478 e. The summed E-state index contributed by atoms with van der Waals surface area (Å²) in [6.45, 7) is 2.97. The SMILES string of the molecule is COc1nccnc1N(C)CC1CCN(c2ncnc3sccc23)CC1. The number of nitrogens with zero attached hydrogens (tertiary/aromatic N) is 6. The molecule has 0 bridgehead atoms. The fraction of sp³-hybridized carbons (Fsp3) is 0.444. The normalized spacial score (nSPS) is 15.4. The van der Waals surface area contributed by atoms with Crippen LogP contribution < -0.4 is 14.5 Å². The molecule has 1 saturated heterocycles. The maximum atomic E-state index is 5.33. The zero-order chi connectivity index (χ0) is 17.9. The number of aromatic nitrogens is 4. The number of ether oxygens (including phenoxy) is 1. The Morgan fingerprint density at radius 3 is 2.81 bits per heavy atom. The van der Waals surface area contributed by atoms with Crippen LogP contribution in [-0.2, 0) is 0 Å². The van der Waals surface area contributed by atoms with Gasteiger partial charge in [0, 0.05) is 39.1 Å². The van der Waals surface area contributed by atoms with Gasteiger partial charge in [-0.25, -0.2) is 19.9 Å². The molecule has 4 rings (SSSR count). The number of piperidine rings is 1. The molecule has 0 atom stereocenters. The van der Waals surface area contributed by atoms with Crippen molar-refractivity contribution in [2.24, 2.45) is 5.92 Å². The van der Waals surface area contributed by atoms with E-state index >= 15 is 0 Å². The minimum atomic E-state index is 0.577. The Morgan fingerprint density at radius 1 is 1.19 bits per heavy atom. The number of anilines is 2. The van der Waals surface area contributed by atoms with E-state index in [4.69, 9.17) is 4.74 Å². The second kappa shape index (κ2) is 7.41. The van der Waals surface area contributed by atoms with Gasteiger partial charge in [0.15, 0.2) is 5.82 Å². The summed E-state index contributed by atoms with van der Waals surface area (Å²) in [6.07, 6.45) is 7.29. The van der Waals surface area contributed by atoms with Gasteiger partial charge in [-0.2, -0.15) is 0 Å². The van der Waals surface area contributed by atoms with E-state index in [9.17, 15) is 0 Å². The first kappa shape index (κ1) is 17.0. The molecule has 0 N–H and O–H groups in total. The molecular formula is C18H22N6OS. The number of methoxy groups -OCH3 is 1. The van der Waals surface area contributed by atoms with Gasteiger partial charge in [0.25, 0.3) is 5.88 Å². The van der Waals surface area contributed by atoms with Crippen LogP contribution in [-0.4, -0.2) is 53.7 Å². The second-order valence-electron chi connectivity index (χ2n) is 6.54. The summed E-state index contributed by atoms with van der Waals surface area (Å²) in [5.41, 5.74) is 0. The smallest absolute Gasteiger partial charge is 0.257 e. The predicted molar refractivity (Wildman–Crippen MR) is 104 cm³/mol. The number of rotatable bonds is 5. The van der Waals surface area contributed by atoms with Gasteiger partial charge in [-0.15, -0.1) is 11.3 Å². The fourth-order valence-corrected chi connectivity index (χ4v) is 4.28. The summed E-state index contributed by atoms with van der Waals surface area (Å²) < 4.78 is 5.33. The van der Waals surface area contributed by atoms with Crippen molar-refractivity contribution >= 4 is 33.2 Å². The average molecular weight is 370 g/mol. The lowest BCUT2D eigenvalue weighted by Crippen LogP contribution is -2.38. The van der Waals surface area contributed by atoms with E-state index in [0.29, 0.717) is 11.8 Å². The molecule has 4 heterocycles. The highest BCUT2D eigenvalue weighted by Gasteiger charge is 2.24. The fourth-order valence-electron chi connectivity index (χ4n) is 3.55. The highest BCUT2D eigenvalue weighted by atomic mass is 32.1. The molecule has 0 radical (unpaired) electrons. The van der Waals surface area contributed by atoms with Crippen molar-refractivity contribution in [1.29, 1.82) is 0 Å². The lowest BCUT2D eigenvalue weighted by Gasteiger charge is -2.35. The summed E-state index contributed by atoms with van der Waals surface area (Å²) in [5.74, 6) is 3.06. The molecule has 3 aromatic rings. The van der Waals surface area contributed by atoms with Crippen LogP contribution in [0.2, 0.25) is 0 Å². The van der Waals surface area contributed by atoms with Crippen molar-refractivity contribution in [3.05, 3.63) is 30.2 Å². The molecule has 0 amide bonds. The van der Waals surface area contributed by atoms with E-state index in [1.165, 1.54) is 0 Å². The first-order valence-electron chi connectivity index (χ1n) is 8.75. The van der Waals surface area contributed by atoms with E-state index in [0.717, 1.165) is 54.3 Å². The van der Waals surface area contributed by atoms with Crippen molar-refractivity contribution in [1.82, 2.24) is 19.9 Å². The third-order valence-corrected chi connectivity index (χ3v) is 5.71. The lowest BCUT2D eigenvalue weighted by atomic mass is 9.96. The van der Waals surface area contributed by atoms with Gasteiger partial charge < -0.3 is 14.5 Å². The van der Waals surface area contributed by atoms with Crippen molar-refractivity contribution in [2.45, 2.75) is 12.8 Å². The van der Waals surface area contributed by atoms with Crippen molar-refractivity contribution < 1.29 is 4.74 Å². The molecule has 0 saturated carbocycles. The van der Waals surface area contributed by atoms with Crippen LogP contribution in [0, 0.1) is 5.92 Å². The molecule has 0 aliphatic carbocycles. The third kappa shape index (κ3) is 3.29. The van der Waals surface area contributed by atoms with Crippen molar-refractivity contribution in [2.75, 3.05) is 43.6 Å². The molecule has 7 nitrogen and oxygen atoms in total. The molecule has 26 heavy (non-hydrogen) atoms. The monoisotopic (exact) mass is 370 g/mol. The Balaban J connectivity index is 1.40. The number of thiophene rings is 1. The van der Waals surface area contributed by atoms with Crippen molar-refractivity contribution in [3.63, 3.8) is 0 Å². The van der Waals surface area contributed by atoms with Crippen LogP contribution in [0.15, 0.2) is 30.2 Å². The molecule has 0 aromatic carbocycles. The minimum Gasteiger partial charge on any atom is -0.478 e. The highest BCUT2D eigenvalue weighted by molar-refractivity contribution is 7.16. The average Bonchev–Trinajstić information content (AvgIpc) is 3.17. The van der Waals surface area contributed by atoms with Crippen LogP contribution in [0.4, 0.5) is 11.6 Å². The van der Waals surface area contributed by atoms with Crippen molar-refractivity contribution in [3.8, 4) is 5.88 Å². The first-order valence-corrected chi connectivity index (χ1v) is 9.63. The maximum Gasteiger partial charge on any atom is 0.257 e. The van der Waals surface area contributed by atoms with Crippen LogP contribution >= 0.6 is 11.3 Å². The summed E-state index contributed by atoms with van der Waals surface area (Å²) in [6, 6.07) is 2.12. The summed E-state index contributed by atoms with van der Waals surface area (Å²) in [5, 5.41) is 3.25. The van der Waals surface area contributed by atoms with Gasteiger partial charge in [-0.1, -0.05) is 0 Å². The van der Waals surface area contributed by atoms with Gasteiger partial charge >= 0.3 is 0 Å². The van der Waals surface area contributed by atoms with Gasteiger partial charge in [0.2, 0.25) is 0 Å². The van der Waals surface area contributed by atoms with Crippen LogP contribution in [0.1, 0.15) is 12.8 Å². The summed E-state index contributed by atoms with van der Waals surface area (Å²) in [7, 11) is 3.69. The van der Waals surface area contributed by atoms with Gasteiger partial charge in [-0.05, 0) is 30.2 Å². The van der Waals surface area contributed by atoms with Gasteiger partial charge in [0.1, 0.15) is 17.0 Å². The number of fused-ring (bicyclic) bond motifs is 1. The molecule has 8 heteroatoms. The molecule has 1 aliphatic heterocycles. The minimum absolute atomic E-state index is 0.577. The molecule has 0 unspecified atom stereocenters. The van der Waals surface area contributed by atoms with Crippen LogP contribution in [0.5, 0.6) is 5.88 Å². The second-order valence-corrected chi connectivity index (χ2v) is 7.43. The number of hydrogen-bond acceptors (Lipinski definition) is 8. The molecule has 1 fully saturated rings. The first-order chi connectivity index (χ1) is 12.8. The predicted octanol–water partition coefficient (Wildman–Crippen LogP) is 2.84. The lowest BCUT2D eigenvalue weighted by molar-refractivity contribution is 0.386.